The number of hydrogen-bond donors (Lipinski definition) is 1. The molecular formula is C12H23N5O. The van der Waals surface area contributed by atoms with Crippen LogP contribution in [0.1, 0.15) is 30.6 Å². The zero-order valence-corrected chi connectivity index (χ0v) is 11.3. The van der Waals surface area contributed by atoms with Crippen LogP contribution in [0.25, 0.3) is 0 Å². The SMILES string of the molecule is CN1CCN(C)C(c2noc(CCCCN)n2)C1. The van der Waals surface area contributed by atoms with E-state index in [-0.39, 0.29) is 6.04 Å². The number of piperazine rings is 1. The van der Waals surface area contributed by atoms with Crippen molar-refractivity contribution >= 4 is 0 Å². The van der Waals surface area contributed by atoms with Gasteiger partial charge in [-0.3, -0.25) is 4.90 Å². The summed E-state index contributed by atoms with van der Waals surface area (Å²) in [6.45, 7) is 3.81. The summed E-state index contributed by atoms with van der Waals surface area (Å²) in [7, 11) is 4.24. The van der Waals surface area contributed by atoms with E-state index >= 15 is 0 Å². The van der Waals surface area contributed by atoms with Gasteiger partial charge in [0.15, 0.2) is 5.82 Å². The lowest BCUT2D eigenvalue weighted by Crippen LogP contribution is -2.45. The highest BCUT2D eigenvalue weighted by Crippen LogP contribution is 2.21. The summed E-state index contributed by atoms with van der Waals surface area (Å²) in [5.74, 6) is 1.55. The predicted octanol–water partition coefficient (Wildman–Crippen LogP) is 0.269. The topological polar surface area (TPSA) is 71.4 Å². The molecule has 1 aliphatic heterocycles. The van der Waals surface area contributed by atoms with Gasteiger partial charge >= 0.3 is 0 Å². The second-order valence-electron chi connectivity index (χ2n) is 5.05. The summed E-state index contributed by atoms with van der Waals surface area (Å²) >= 11 is 0. The molecule has 1 aliphatic rings. The maximum Gasteiger partial charge on any atom is 0.226 e. The van der Waals surface area contributed by atoms with Crippen LogP contribution in [-0.4, -0.2) is 60.2 Å². The Bertz CT molecular complexity index is 367. The van der Waals surface area contributed by atoms with Crippen LogP contribution in [0.15, 0.2) is 4.52 Å². The van der Waals surface area contributed by atoms with Crippen molar-refractivity contribution in [2.75, 3.05) is 40.3 Å². The van der Waals surface area contributed by atoms with Crippen LogP contribution < -0.4 is 5.73 Å². The minimum Gasteiger partial charge on any atom is -0.339 e. The molecule has 2 N–H and O–H groups in total. The van der Waals surface area contributed by atoms with Gasteiger partial charge in [-0.05, 0) is 33.5 Å². The average Bonchev–Trinajstić information content (AvgIpc) is 2.81. The Labute approximate surface area is 108 Å². The first kappa shape index (κ1) is 13.5. The van der Waals surface area contributed by atoms with Crippen molar-refractivity contribution in [3.63, 3.8) is 0 Å². The Morgan fingerprint density at radius 3 is 2.94 bits per heavy atom. The van der Waals surface area contributed by atoms with Crippen molar-refractivity contribution in [2.45, 2.75) is 25.3 Å². The number of likely N-dealkylation sites (N-methyl/N-ethyl adjacent to an activating group) is 2. The molecule has 1 unspecified atom stereocenters. The minimum atomic E-state index is 0.246. The van der Waals surface area contributed by atoms with Gasteiger partial charge < -0.3 is 15.2 Å². The molecule has 1 saturated heterocycles. The quantitative estimate of drug-likeness (QED) is 0.759. The van der Waals surface area contributed by atoms with Gasteiger partial charge in [-0.1, -0.05) is 5.16 Å². The molecule has 0 amide bonds. The minimum absolute atomic E-state index is 0.246. The summed E-state index contributed by atoms with van der Waals surface area (Å²) in [5, 5.41) is 4.12. The molecule has 0 aliphatic carbocycles. The molecule has 1 fully saturated rings. The smallest absolute Gasteiger partial charge is 0.226 e. The number of unbranched alkanes of at least 4 members (excludes halogenated alkanes) is 1. The third-order valence-electron chi connectivity index (χ3n) is 3.48. The number of rotatable bonds is 5. The molecule has 2 rings (SSSR count). The third-order valence-corrected chi connectivity index (χ3v) is 3.48. The van der Waals surface area contributed by atoms with Crippen molar-refractivity contribution in [1.82, 2.24) is 19.9 Å². The lowest BCUT2D eigenvalue weighted by Gasteiger charge is -2.35. The number of hydrogen-bond acceptors (Lipinski definition) is 6. The Kier molecular flexibility index (Phi) is 4.68. The first-order chi connectivity index (χ1) is 8.70. The fourth-order valence-electron chi connectivity index (χ4n) is 2.21. The van der Waals surface area contributed by atoms with Gasteiger partial charge in [0.2, 0.25) is 5.89 Å². The molecule has 0 bridgehead atoms. The molecule has 1 aromatic heterocycles. The largest absolute Gasteiger partial charge is 0.339 e. The second kappa shape index (κ2) is 6.26. The molecule has 6 nitrogen and oxygen atoms in total. The van der Waals surface area contributed by atoms with Gasteiger partial charge in [-0.2, -0.15) is 4.98 Å². The Morgan fingerprint density at radius 1 is 1.33 bits per heavy atom. The van der Waals surface area contributed by atoms with Gasteiger partial charge in [0, 0.05) is 26.1 Å². The number of aromatic nitrogens is 2. The number of aryl methyl sites for hydroxylation is 1. The molecule has 0 radical (unpaired) electrons. The van der Waals surface area contributed by atoms with E-state index in [2.05, 4.69) is 34.0 Å². The summed E-state index contributed by atoms with van der Waals surface area (Å²) in [4.78, 5) is 9.09. The van der Waals surface area contributed by atoms with E-state index in [0.717, 1.165) is 57.2 Å². The van der Waals surface area contributed by atoms with E-state index in [4.69, 9.17) is 10.3 Å². The van der Waals surface area contributed by atoms with E-state index in [1.54, 1.807) is 0 Å². The first-order valence-corrected chi connectivity index (χ1v) is 6.62. The van der Waals surface area contributed by atoms with Crippen LogP contribution in [0, 0.1) is 0 Å². The normalized spacial score (nSPS) is 22.5. The Hall–Kier alpha value is -0.980. The highest BCUT2D eigenvalue weighted by molar-refractivity contribution is 4.98. The van der Waals surface area contributed by atoms with Crippen LogP contribution in [0.2, 0.25) is 0 Å². The summed E-state index contributed by atoms with van der Waals surface area (Å²) < 4.78 is 5.30. The molecular weight excluding hydrogens is 230 g/mol. The number of nitrogens with zero attached hydrogens (tertiary/aromatic N) is 4. The summed E-state index contributed by atoms with van der Waals surface area (Å²) in [6.07, 6.45) is 2.85. The Balaban J connectivity index is 1.95. The maximum absolute atomic E-state index is 5.47. The summed E-state index contributed by atoms with van der Waals surface area (Å²) in [5.41, 5.74) is 5.47. The van der Waals surface area contributed by atoms with Crippen molar-refractivity contribution < 1.29 is 4.52 Å². The van der Waals surface area contributed by atoms with Crippen molar-refractivity contribution in [2.24, 2.45) is 5.73 Å². The van der Waals surface area contributed by atoms with Gasteiger partial charge in [-0.15, -0.1) is 0 Å². The number of nitrogens with two attached hydrogens (primary N) is 1. The molecule has 1 atom stereocenters. The lowest BCUT2D eigenvalue weighted by atomic mass is 10.2. The van der Waals surface area contributed by atoms with Crippen LogP contribution in [0.3, 0.4) is 0 Å². The van der Waals surface area contributed by atoms with E-state index < -0.39 is 0 Å². The molecule has 102 valence electrons. The molecule has 0 spiro atoms. The molecule has 0 aromatic carbocycles. The molecule has 1 aromatic rings. The Morgan fingerprint density at radius 2 is 2.17 bits per heavy atom. The third kappa shape index (κ3) is 3.28. The van der Waals surface area contributed by atoms with Gasteiger partial charge in [-0.25, -0.2) is 0 Å². The zero-order chi connectivity index (χ0) is 13.0. The van der Waals surface area contributed by atoms with Gasteiger partial charge in [0.05, 0.1) is 6.04 Å². The predicted molar refractivity (Wildman–Crippen MR) is 69.2 cm³/mol. The van der Waals surface area contributed by atoms with Crippen molar-refractivity contribution in [3.05, 3.63) is 11.7 Å². The van der Waals surface area contributed by atoms with Gasteiger partial charge in [0.1, 0.15) is 0 Å². The van der Waals surface area contributed by atoms with Crippen LogP contribution in [0.4, 0.5) is 0 Å². The van der Waals surface area contributed by atoms with Crippen LogP contribution in [0.5, 0.6) is 0 Å². The van der Waals surface area contributed by atoms with Crippen molar-refractivity contribution in [1.29, 1.82) is 0 Å². The molecule has 2 heterocycles. The van der Waals surface area contributed by atoms with E-state index in [1.807, 2.05) is 0 Å². The lowest BCUT2D eigenvalue weighted by molar-refractivity contribution is 0.108. The molecule has 6 heteroatoms. The highest BCUT2D eigenvalue weighted by Gasteiger charge is 2.27. The van der Waals surface area contributed by atoms with Gasteiger partial charge in [0.25, 0.3) is 0 Å². The zero-order valence-electron chi connectivity index (χ0n) is 11.3. The van der Waals surface area contributed by atoms with E-state index in [9.17, 15) is 0 Å². The van der Waals surface area contributed by atoms with Crippen LogP contribution >= 0.6 is 0 Å². The van der Waals surface area contributed by atoms with Crippen molar-refractivity contribution in [3.8, 4) is 0 Å². The average molecular weight is 253 g/mol. The maximum atomic E-state index is 5.47. The highest BCUT2D eigenvalue weighted by atomic mass is 16.5. The molecule has 18 heavy (non-hydrogen) atoms. The standard InChI is InChI=1S/C12H23N5O/c1-16-7-8-17(2)10(9-16)12-14-11(18-15-12)5-3-4-6-13/h10H,3-9,13H2,1-2H3. The monoisotopic (exact) mass is 253 g/mol. The van der Waals surface area contributed by atoms with Crippen LogP contribution in [-0.2, 0) is 6.42 Å². The second-order valence-corrected chi connectivity index (χ2v) is 5.05. The van der Waals surface area contributed by atoms with E-state index in [1.165, 1.54) is 0 Å². The first-order valence-electron chi connectivity index (χ1n) is 6.62. The molecule has 0 saturated carbocycles. The summed E-state index contributed by atoms with van der Waals surface area (Å²) in [6, 6.07) is 0.246. The fraction of sp³-hybridized carbons (Fsp3) is 0.833. The fourth-order valence-corrected chi connectivity index (χ4v) is 2.21. The van der Waals surface area contributed by atoms with E-state index in [0.29, 0.717) is 0 Å².